The van der Waals surface area contributed by atoms with Crippen LogP contribution in [0.4, 0.5) is 0 Å². The second kappa shape index (κ2) is 7.56. The number of esters is 2. The van der Waals surface area contributed by atoms with Crippen molar-refractivity contribution in [2.75, 3.05) is 7.11 Å². The minimum atomic E-state index is -0.326. The minimum absolute atomic E-state index is 0.0173. The van der Waals surface area contributed by atoms with E-state index in [-0.39, 0.29) is 41.6 Å². The van der Waals surface area contributed by atoms with E-state index in [1.807, 2.05) is 0 Å². The van der Waals surface area contributed by atoms with Gasteiger partial charge in [-0.15, -0.1) is 0 Å². The zero-order valence-electron chi connectivity index (χ0n) is 13.2. The molecule has 4 unspecified atom stereocenters. The van der Waals surface area contributed by atoms with E-state index in [0.717, 1.165) is 19.3 Å². The van der Waals surface area contributed by atoms with Crippen LogP contribution in [-0.2, 0) is 23.9 Å². The predicted octanol–water partition coefficient (Wildman–Crippen LogP) is 2.43. The molecule has 0 radical (unpaired) electrons. The van der Waals surface area contributed by atoms with Crippen LogP contribution in [0.2, 0.25) is 0 Å². The van der Waals surface area contributed by atoms with Gasteiger partial charge in [0.2, 0.25) is 0 Å². The summed E-state index contributed by atoms with van der Waals surface area (Å²) in [6.07, 6.45) is 7.49. The molecule has 5 heteroatoms. The Labute approximate surface area is 131 Å². The molecule has 2 aliphatic rings. The number of fused-ring (bicyclic) bond motifs is 1. The van der Waals surface area contributed by atoms with Gasteiger partial charge in [-0.05, 0) is 24.8 Å². The molecule has 2 fully saturated rings. The van der Waals surface area contributed by atoms with Gasteiger partial charge >= 0.3 is 11.9 Å². The zero-order chi connectivity index (χ0) is 16.1. The van der Waals surface area contributed by atoms with Crippen LogP contribution in [-0.4, -0.2) is 30.9 Å². The Morgan fingerprint density at radius 1 is 1.36 bits per heavy atom. The van der Waals surface area contributed by atoms with Crippen molar-refractivity contribution in [3.63, 3.8) is 0 Å². The van der Waals surface area contributed by atoms with Crippen LogP contribution in [0.25, 0.3) is 0 Å². The van der Waals surface area contributed by atoms with E-state index in [0.29, 0.717) is 19.3 Å². The summed E-state index contributed by atoms with van der Waals surface area (Å²) in [5, 5.41) is 0. The highest BCUT2D eigenvalue weighted by Crippen LogP contribution is 2.46. The van der Waals surface area contributed by atoms with Crippen LogP contribution < -0.4 is 0 Å². The summed E-state index contributed by atoms with van der Waals surface area (Å²) in [4.78, 5) is 35.2. The SMILES string of the molecule is CCCCCC(=O)/C=C/C1C(C(=O)OC)CC2OC(=O)CC21. The Kier molecular flexibility index (Phi) is 5.75. The molecule has 2 rings (SSSR count). The van der Waals surface area contributed by atoms with Crippen molar-refractivity contribution < 1.29 is 23.9 Å². The Morgan fingerprint density at radius 2 is 2.14 bits per heavy atom. The van der Waals surface area contributed by atoms with Gasteiger partial charge in [0.15, 0.2) is 5.78 Å². The van der Waals surface area contributed by atoms with Crippen molar-refractivity contribution >= 4 is 17.7 Å². The lowest BCUT2D eigenvalue weighted by Gasteiger charge is -2.17. The first-order chi connectivity index (χ1) is 10.6. The number of ketones is 1. The van der Waals surface area contributed by atoms with E-state index in [2.05, 4.69) is 6.92 Å². The highest BCUT2D eigenvalue weighted by molar-refractivity contribution is 5.89. The number of carbonyl (C=O) groups excluding carboxylic acids is 3. The fourth-order valence-corrected chi connectivity index (χ4v) is 3.47. The third kappa shape index (κ3) is 3.76. The monoisotopic (exact) mass is 308 g/mol. The molecule has 22 heavy (non-hydrogen) atoms. The Hall–Kier alpha value is -1.65. The average molecular weight is 308 g/mol. The fourth-order valence-electron chi connectivity index (χ4n) is 3.47. The van der Waals surface area contributed by atoms with Crippen LogP contribution >= 0.6 is 0 Å². The largest absolute Gasteiger partial charge is 0.469 e. The fraction of sp³-hybridized carbons (Fsp3) is 0.706. The van der Waals surface area contributed by atoms with Crippen molar-refractivity contribution in [2.45, 2.75) is 51.6 Å². The molecule has 0 aromatic rings. The van der Waals surface area contributed by atoms with Crippen molar-refractivity contribution in [2.24, 2.45) is 17.8 Å². The predicted molar refractivity (Wildman–Crippen MR) is 79.9 cm³/mol. The summed E-state index contributed by atoms with van der Waals surface area (Å²) in [6.45, 7) is 2.09. The van der Waals surface area contributed by atoms with Crippen molar-refractivity contribution in [1.82, 2.24) is 0 Å². The third-order valence-corrected chi connectivity index (χ3v) is 4.64. The van der Waals surface area contributed by atoms with Gasteiger partial charge in [0.1, 0.15) is 6.10 Å². The molecule has 5 nitrogen and oxygen atoms in total. The maximum atomic E-state index is 11.9. The molecule has 1 saturated carbocycles. The first-order valence-corrected chi connectivity index (χ1v) is 8.05. The van der Waals surface area contributed by atoms with Gasteiger partial charge in [0.05, 0.1) is 19.4 Å². The molecule has 122 valence electrons. The molecular formula is C17H24O5. The zero-order valence-corrected chi connectivity index (χ0v) is 13.2. The second-order valence-electron chi connectivity index (χ2n) is 6.12. The van der Waals surface area contributed by atoms with Crippen LogP contribution in [0.15, 0.2) is 12.2 Å². The summed E-state index contributed by atoms with van der Waals surface area (Å²) in [5.74, 6) is -0.932. The summed E-state index contributed by atoms with van der Waals surface area (Å²) in [5.41, 5.74) is 0. The topological polar surface area (TPSA) is 69.7 Å². The average Bonchev–Trinajstić information content (AvgIpc) is 3.00. The molecule has 0 aromatic heterocycles. The minimum Gasteiger partial charge on any atom is -0.469 e. The number of ether oxygens (including phenoxy) is 2. The lowest BCUT2D eigenvalue weighted by molar-refractivity contribution is -0.149. The summed E-state index contributed by atoms with van der Waals surface area (Å²) in [6, 6.07) is 0. The quantitative estimate of drug-likeness (QED) is 0.410. The Balaban J connectivity index is 2.02. The molecule has 0 spiro atoms. The van der Waals surface area contributed by atoms with Gasteiger partial charge < -0.3 is 9.47 Å². The van der Waals surface area contributed by atoms with Crippen molar-refractivity contribution in [3.05, 3.63) is 12.2 Å². The van der Waals surface area contributed by atoms with Crippen molar-refractivity contribution in [3.8, 4) is 0 Å². The molecule has 0 amide bonds. The van der Waals surface area contributed by atoms with E-state index in [9.17, 15) is 14.4 Å². The molecule has 1 aliphatic carbocycles. The van der Waals surface area contributed by atoms with E-state index in [1.165, 1.54) is 7.11 Å². The maximum absolute atomic E-state index is 11.9. The number of hydrogen-bond acceptors (Lipinski definition) is 5. The second-order valence-corrected chi connectivity index (χ2v) is 6.12. The number of carbonyl (C=O) groups is 3. The van der Waals surface area contributed by atoms with Gasteiger partial charge in [-0.1, -0.05) is 25.8 Å². The van der Waals surface area contributed by atoms with Crippen molar-refractivity contribution in [1.29, 1.82) is 0 Å². The van der Waals surface area contributed by atoms with E-state index in [4.69, 9.17) is 9.47 Å². The molecule has 1 heterocycles. The number of methoxy groups -OCH3 is 1. The number of hydrogen-bond donors (Lipinski definition) is 0. The lowest BCUT2D eigenvalue weighted by atomic mass is 9.87. The molecule has 0 aromatic carbocycles. The van der Waals surface area contributed by atoms with Gasteiger partial charge in [-0.25, -0.2) is 0 Å². The van der Waals surface area contributed by atoms with Gasteiger partial charge in [-0.2, -0.15) is 0 Å². The summed E-state index contributed by atoms with van der Waals surface area (Å²) in [7, 11) is 1.36. The standard InChI is InChI=1S/C17H24O5/c1-3-4-5-6-11(18)7-8-12-13-10-16(19)22-15(13)9-14(12)17(20)21-2/h7-8,12-15H,3-6,9-10H2,1-2H3/b8-7+. The highest BCUT2D eigenvalue weighted by atomic mass is 16.6. The summed E-state index contributed by atoms with van der Waals surface area (Å²) < 4.78 is 10.1. The molecule has 0 bridgehead atoms. The Morgan fingerprint density at radius 3 is 2.82 bits per heavy atom. The lowest BCUT2D eigenvalue weighted by Crippen LogP contribution is -2.23. The highest BCUT2D eigenvalue weighted by Gasteiger charge is 2.51. The van der Waals surface area contributed by atoms with Gasteiger partial charge in [0.25, 0.3) is 0 Å². The summed E-state index contributed by atoms with van der Waals surface area (Å²) >= 11 is 0. The van der Waals surface area contributed by atoms with Crippen LogP contribution in [0, 0.1) is 17.8 Å². The van der Waals surface area contributed by atoms with Gasteiger partial charge in [-0.3, -0.25) is 14.4 Å². The van der Waals surface area contributed by atoms with Gasteiger partial charge in [0, 0.05) is 12.3 Å². The first kappa shape index (κ1) is 16.7. The van der Waals surface area contributed by atoms with Crippen LogP contribution in [0.1, 0.15) is 45.4 Å². The molecule has 0 N–H and O–H groups in total. The maximum Gasteiger partial charge on any atom is 0.309 e. The van der Waals surface area contributed by atoms with E-state index < -0.39 is 0 Å². The first-order valence-electron chi connectivity index (χ1n) is 8.05. The number of rotatable bonds is 7. The smallest absolute Gasteiger partial charge is 0.309 e. The number of allylic oxidation sites excluding steroid dienone is 2. The van der Waals surface area contributed by atoms with E-state index >= 15 is 0 Å². The van der Waals surface area contributed by atoms with Crippen LogP contribution in [0.5, 0.6) is 0 Å². The molecule has 1 saturated heterocycles. The Bertz CT molecular complexity index is 468. The molecule has 1 aliphatic heterocycles. The number of unbranched alkanes of at least 4 members (excludes halogenated alkanes) is 2. The molecule has 4 atom stereocenters. The third-order valence-electron chi connectivity index (χ3n) is 4.64. The normalized spacial score (nSPS) is 30.4. The van der Waals surface area contributed by atoms with E-state index in [1.54, 1.807) is 12.2 Å². The van der Waals surface area contributed by atoms with Crippen LogP contribution in [0.3, 0.4) is 0 Å². The molecular weight excluding hydrogens is 284 g/mol.